The summed E-state index contributed by atoms with van der Waals surface area (Å²) >= 11 is 5.50. The topological polar surface area (TPSA) is 50.4 Å². The Labute approximate surface area is 161 Å². The van der Waals surface area contributed by atoms with E-state index in [4.69, 9.17) is 17.0 Å². The molecule has 0 saturated heterocycles. The van der Waals surface area contributed by atoms with E-state index >= 15 is 0 Å². The second-order valence-electron chi connectivity index (χ2n) is 6.11. The van der Waals surface area contributed by atoms with Crippen LogP contribution in [0.25, 0.3) is 0 Å². The molecule has 0 spiro atoms. The highest BCUT2D eigenvalue weighted by Gasteiger charge is 2.15. The summed E-state index contributed by atoms with van der Waals surface area (Å²) in [5, 5.41) is 7.12. The Bertz CT molecular complexity index is 789. The van der Waals surface area contributed by atoms with Gasteiger partial charge in [0.25, 0.3) is 0 Å². The molecule has 2 aromatic carbocycles. The van der Waals surface area contributed by atoms with Crippen molar-refractivity contribution in [2.24, 2.45) is 0 Å². The van der Waals surface area contributed by atoms with Crippen LogP contribution in [0.4, 0.5) is 5.69 Å². The molecule has 2 N–H and O–H groups in total. The molecule has 0 amide bonds. The van der Waals surface area contributed by atoms with Crippen molar-refractivity contribution in [1.82, 2.24) is 5.32 Å². The van der Waals surface area contributed by atoms with Crippen molar-refractivity contribution in [2.75, 3.05) is 11.9 Å². The van der Waals surface area contributed by atoms with Gasteiger partial charge in [0, 0.05) is 5.69 Å². The Morgan fingerprint density at radius 2 is 1.85 bits per heavy atom. The summed E-state index contributed by atoms with van der Waals surface area (Å²) in [6.07, 6.45) is 0.911. The normalized spacial score (nSPS) is 11.5. The lowest BCUT2D eigenvalue weighted by Gasteiger charge is -2.22. The van der Waals surface area contributed by atoms with Crippen molar-refractivity contribution in [1.29, 1.82) is 0 Å². The molecule has 0 heterocycles. The van der Waals surface area contributed by atoms with Crippen LogP contribution in [0.1, 0.15) is 53.4 Å². The van der Waals surface area contributed by atoms with Crippen molar-refractivity contribution >= 4 is 29.0 Å². The average Bonchev–Trinajstić information content (AvgIpc) is 2.62. The molecule has 4 nitrogen and oxygen atoms in total. The number of nitrogens with one attached hydrogen (secondary N) is 2. The van der Waals surface area contributed by atoms with Crippen LogP contribution in [0.2, 0.25) is 0 Å². The number of hydrogen-bond donors (Lipinski definition) is 2. The van der Waals surface area contributed by atoms with E-state index in [9.17, 15) is 4.79 Å². The molecule has 0 radical (unpaired) electrons. The molecule has 0 aliphatic rings. The molecule has 26 heavy (non-hydrogen) atoms. The number of benzene rings is 2. The fraction of sp³-hybridized carbons (Fsp3) is 0.333. The zero-order valence-electron chi connectivity index (χ0n) is 15.8. The van der Waals surface area contributed by atoms with Crippen LogP contribution in [0.15, 0.2) is 42.5 Å². The summed E-state index contributed by atoms with van der Waals surface area (Å²) in [7, 11) is 0. The second kappa shape index (κ2) is 9.34. The molecule has 0 fully saturated rings. The van der Waals surface area contributed by atoms with Crippen LogP contribution < -0.4 is 10.6 Å². The fourth-order valence-corrected chi connectivity index (χ4v) is 3.15. The van der Waals surface area contributed by atoms with Gasteiger partial charge in [-0.1, -0.05) is 37.3 Å². The minimum absolute atomic E-state index is 0.129. The van der Waals surface area contributed by atoms with Crippen molar-refractivity contribution in [3.8, 4) is 0 Å². The van der Waals surface area contributed by atoms with E-state index < -0.39 is 0 Å². The number of aryl methyl sites for hydroxylation is 1. The predicted molar refractivity (Wildman–Crippen MR) is 111 cm³/mol. The summed E-state index contributed by atoms with van der Waals surface area (Å²) < 4.78 is 5.11. The summed E-state index contributed by atoms with van der Waals surface area (Å²) in [6.45, 7) is 8.26. The molecular formula is C21H26N2O2S. The Morgan fingerprint density at radius 1 is 1.12 bits per heavy atom. The number of ether oxygens (including phenoxy) is 1. The molecule has 1 atom stereocenters. The first-order chi connectivity index (χ1) is 12.5. The van der Waals surface area contributed by atoms with Gasteiger partial charge in [-0.2, -0.15) is 0 Å². The quantitative estimate of drug-likeness (QED) is 0.558. The molecule has 0 aromatic heterocycles. The van der Waals surface area contributed by atoms with Gasteiger partial charge in [-0.3, -0.25) is 0 Å². The van der Waals surface area contributed by atoms with Crippen LogP contribution in [0, 0.1) is 13.8 Å². The molecule has 2 rings (SSSR count). The lowest BCUT2D eigenvalue weighted by atomic mass is 9.99. The van der Waals surface area contributed by atoms with Crippen molar-refractivity contribution in [3.63, 3.8) is 0 Å². The maximum atomic E-state index is 12.1. The van der Waals surface area contributed by atoms with E-state index in [0.717, 1.165) is 17.7 Å². The van der Waals surface area contributed by atoms with E-state index in [0.29, 0.717) is 17.3 Å². The summed E-state index contributed by atoms with van der Waals surface area (Å²) in [5.41, 5.74) is 4.63. The Morgan fingerprint density at radius 3 is 2.50 bits per heavy atom. The summed E-state index contributed by atoms with van der Waals surface area (Å²) in [4.78, 5) is 12.1. The first-order valence-electron chi connectivity index (χ1n) is 8.87. The lowest BCUT2D eigenvalue weighted by Crippen LogP contribution is -2.32. The fourth-order valence-electron chi connectivity index (χ4n) is 2.90. The van der Waals surface area contributed by atoms with Gasteiger partial charge in [-0.25, -0.2) is 4.79 Å². The Hall–Kier alpha value is -2.40. The third kappa shape index (κ3) is 4.82. The molecule has 1 unspecified atom stereocenters. The maximum Gasteiger partial charge on any atom is 0.338 e. The number of anilines is 1. The van der Waals surface area contributed by atoms with E-state index in [1.807, 2.05) is 31.2 Å². The highest BCUT2D eigenvalue weighted by atomic mass is 32.1. The van der Waals surface area contributed by atoms with Crippen LogP contribution in [-0.4, -0.2) is 17.7 Å². The summed E-state index contributed by atoms with van der Waals surface area (Å²) in [6, 6.07) is 13.9. The zero-order valence-corrected chi connectivity index (χ0v) is 16.6. The highest BCUT2D eigenvalue weighted by molar-refractivity contribution is 7.80. The zero-order chi connectivity index (χ0) is 19.1. The third-order valence-corrected chi connectivity index (χ3v) is 4.57. The molecule has 2 aromatic rings. The van der Waals surface area contributed by atoms with Crippen LogP contribution in [0.5, 0.6) is 0 Å². The van der Waals surface area contributed by atoms with Gasteiger partial charge in [-0.15, -0.1) is 0 Å². The largest absolute Gasteiger partial charge is 0.462 e. The number of rotatable bonds is 6. The van der Waals surface area contributed by atoms with Gasteiger partial charge in [0.15, 0.2) is 5.11 Å². The third-order valence-electron chi connectivity index (χ3n) is 4.35. The molecule has 0 bridgehead atoms. The maximum absolute atomic E-state index is 12.1. The number of thiocarbonyl (C=S) groups is 1. The molecule has 0 saturated carbocycles. The average molecular weight is 371 g/mol. The predicted octanol–water partition coefficient (Wildman–Crippen LogP) is 4.92. The van der Waals surface area contributed by atoms with Crippen LogP contribution >= 0.6 is 12.2 Å². The monoisotopic (exact) mass is 370 g/mol. The second-order valence-corrected chi connectivity index (χ2v) is 6.52. The van der Waals surface area contributed by atoms with E-state index in [2.05, 4.69) is 36.6 Å². The molecule has 0 aliphatic carbocycles. The molecule has 5 heteroatoms. The number of carbonyl (C=O) groups excluding carboxylic acids is 1. The molecule has 138 valence electrons. The number of hydrogen-bond acceptors (Lipinski definition) is 3. The van der Waals surface area contributed by atoms with Crippen molar-refractivity contribution < 1.29 is 9.53 Å². The first kappa shape index (κ1) is 19.9. The highest BCUT2D eigenvalue weighted by Crippen LogP contribution is 2.22. The van der Waals surface area contributed by atoms with E-state index in [1.54, 1.807) is 13.0 Å². The smallest absolute Gasteiger partial charge is 0.338 e. The van der Waals surface area contributed by atoms with Gasteiger partial charge in [0.2, 0.25) is 0 Å². The summed E-state index contributed by atoms with van der Waals surface area (Å²) in [5.74, 6) is -0.320. The minimum atomic E-state index is -0.320. The van der Waals surface area contributed by atoms with Crippen molar-refractivity contribution in [3.05, 3.63) is 64.7 Å². The van der Waals surface area contributed by atoms with Gasteiger partial charge in [0.05, 0.1) is 18.2 Å². The Balaban J connectivity index is 2.13. The lowest BCUT2D eigenvalue weighted by molar-refractivity contribution is 0.0525. The molecular weight excluding hydrogens is 344 g/mol. The van der Waals surface area contributed by atoms with Gasteiger partial charge in [-0.05, 0) is 68.2 Å². The standard InChI is InChI=1S/C21H26N2O2S/c1-5-18(16-11-8-7-10-14(16)3)22-21(26)23-19-13-9-12-17(15(19)4)20(24)25-6-2/h7-13,18H,5-6H2,1-4H3,(H2,22,23,26). The molecule has 0 aliphatic heterocycles. The SMILES string of the molecule is CCOC(=O)c1cccc(NC(=S)NC(CC)c2ccccc2C)c1C. The van der Waals surface area contributed by atoms with Crippen LogP contribution in [-0.2, 0) is 4.74 Å². The van der Waals surface area contributed by atoms with Gasteiger partial charge >= 0.3 is 5.97 Å². The first-order valence-corrected chi connectivity index (χ1v) is 9.28. The van der Waals surface area contributed by atoms with Gasteiger partial charge in [0.1, 0.15) is 0 Å². The number of esters is 1. The minimum Gasteiger partial charge on any atom is -0.462 e. The van der Waals surface area contributed by atoms with Gasteiger partial charge < -0.3 is 15.4 Å². The number of carbonyl (C=O) groups is 1. The van der Waals surface area contributed by atoms with Crippen LogP contribution in [0.3, 0.4) is 0 Å². The van der Waals surface area contributed by atoms with E-state index in [-0.39, 0.29) is 12.0 Å². The van der Waals surface area contributed by atoms with E-state index in [1.165, 1.54) is 11.1 Å². The Kier molecular flexibility index (Phi) is 7.16. The van der Waals surface area contributed by atoms with Crippen molar-refractivity contribution in [2.45, 2.75) is 40.2 Å².